The molecule has 0 saturated heterocycles. The molecule has 20 heavy (non-hydrogen) atoms. The van der Waals surface area contributed by atoms with Crippen LogP contribution < -0.4 is 5.32 Å². The number of ether oxygens (including phenoxy) is 1. The van der Waals surface area contributed by atoms with Crippen molar-refractivity contribution in [2.75, 3.05) is 20.3 Å². The molecule has 110 valence electrons. The first-order chi connectivity index (χ1) is 9.56. The van der Waals surface area contributed by atoms with Crippen LogP contribution in [-0.2, 0) is 11.2 Å². The van der Waals surface area contributed by atoms with Crippen LogP contribution in [0.2, 0.25) is 0 Å². The number of methoxy groups -OCH3 is 1. The lowest BCUT2D eigenvalue weighted by atomic mass is 9.85. The van der Waals surface area contributed by atoms with Crippen molar-refractivity contribution in [3.8, 4) is 0 Å². The zero-order chi connectivity index (χ0) is 14.2. The van der Waals surface area contributed by atoms with Crippen molar-refractivity contribution >= 4 is 0 Å². The third-order valence-corrected chi connectivity index (χ3v) is 5.27. The largest absolute Gasteiger partial charge is 0.385 e. The molecule has 1 atom stereocenters. The summed E-state index contributed by atoms with van der Waals surface area (Å²) in [6, 6.07) is 9.43. The van der Waals surface area contributed by atoms with E-state index < -0.39 is 0 Å². The number of fused-ring (bicyclic) bond motifs is 1. The van der Waals surface area contributed by atoms with E-state index in [1.807, 2.05) is 0 Å². The van der Waals surface area contributed by atoms with Crippen molar-refractivity contribution in [1.82, 2.24) is 5.32 Å². The van der Waals surface area contributed by atoms with Crippen LogP contribution >= 0.6 is 0 Å². The Morgan fingerprint density at radius 2 is 2.00 bits per heavy atom. The Balaban J connectivity index is 1.68. The first-order valence-corrected chi connectivity index (χ1v) is 7.87. The van der Waals surface area contributed by atoms with E-state index >= 15 is 0 Å². The molecular formula is C18H27NO. The summed E-state index contributed by atoms with van der Waals surface area (Å²) in [7, 11) is 1.81. The van der Waals surface area contributed by atoms with Gasteiger partial charge in [-0.1, -0.05) is 38.1 Å². The van der Waals surface area contributed by atoms with Gasteiger partial charge in [0, 0.05) is 26.3 Å². The van der Waals surface area contributed by atoms with E-state index in [0.29, 0.717) is 16.9 Å². The van der Waals surface area contributed by atoms with Crippen LogP contribution in [0.3, 0.4) is 0 Å². The predicted molar refractivity (Wildman–Crippen MR) is 82.8 cm³/mol. The van der Waals surface area contributed by atoms with Gasteiger partial charge in [-0.25, -0.2) is 0 Å². The Labute approximate surface area is 122 Å². The third-order valence-electron chi connectivity index (χ3n) is 5.27. The van der Waals surface area contributed by atoms with Crippen LogP contribution in [-0.4, -0.2) is 20.3 Å². The minimum atomic E-state index is 0.320. The summed E-state index contributed by atoms with van der Waals surface area (Å²) >= 11 is 0. The third kappa shape index (κ3) is 2.64. The highest BCUT2D eigenvalue weighted by atomic mass is 16.5. The Bertz CT molecular complexity index is 476. The molecule has 1 unspecified atom stereocenters. The summed E-state index contributed by atoms with van der Waals surface area (Å²) in [4.78, 5) is 0. The molecule has 0 heterocycles. The van der Waals surface area contributed by atoms with Crippen molar-refractivity contribution in [3.05, 3.63) is 35.4 Å². The topological polar surface area (TPSA) is 21.3 Å². The van der Waals surface area contributed by atoms with Gasteiger partial charge in [-0.15, -0.1) is 0 Å². The van der Waals surface area contributed by atoms with Gasteiger partial charge in [0.2, 0.25) is 0 Å². The normalized spacial score (nSPS) is 25.4. The van der Waals surface area contributed by atoms with Gasteiger partial charge in [0.05, 0.1) is 0 Å². The average molecular weight is 273 g/mol. The molecule has 1 N–H and O–H groups in total. The van der Waals surface area contributed by atoms with Crippen LogP contribution in [0.25, 0.3) is 0 Å². The highest BCUT2D eigenvalue weighted by Crippen LogP contribution is 2.50. The zero-order valence-electron chi connectivity index (χ0n) is 13.0. The lowest BCUT2D eigenvalue weighted by molar-refractivity contribution is 0.166. The number of hydrogen-bond acceptors (Lipinski definition) is 2. The van der Waals surface area contributed by atoms with Gasteiger partial charge in [0.25, 0.3) is 0 Å². The van der Waals surface area contributed by atoms with E-state index in [2.05, 4.69) is 43.4 Å². The number of nitrogens with one attached hydrogen (secondary N) is 1. The van der Waals surface area contributed by atoms with Gasteiger partial charge in [0.15, 0.2) is 0 Å². The van der Waals surface area contributed by atoms with Gasteiger partial charge in [0.1, 0.15) is 0 Å². The molecule has 2 nitrogen and oxygen atoms in total. The van der Waals surface area contributed by atoms with Crippen LogP contribution in [0.5, 0.6) is 0 Å². The molecule has 0 radical (unpaired) electrons. The van der Waals surface area contributed by atoms with Gasteiger partial charge >= 0.3 is 0 Å². The molecule has 1 saturated carbocycles. The molecule has 1 fully saturated rings. The highest BCUT2D eigenvalue weighted by molar-refractivity contribution is 5.37. The Kier molecular flexibility index (Phi) is 3.64. The molecule has 0 bridgehead atoms. The molecule has 0 aliphatic heterocycles. The minimum Gasteiger partial charge on any atom is -0.385 e. The second kappa shape index (κ2) is 5.16. The summed E-state index contributed by atoms with van der Waals surface area (Å²) < 4.78 is 5.26. The van der Waals surface area contributed by atoms with Gasteiger partial charge in [-0.3, -0.25) is 0 Å². The SMILES string of the molecule is COCCC1(CNC2c3ccccc3CC2(C)C)CC1. The van der Waals surface area contributed by atoms with E-state index in [0.717, 1.165) is 13.2 Å². The fraction of sp³-hybridized carbons (Fsp3) is 0.667. The predicted octanol–water partition coefficient (Wildman–Crippen LogP) is 3.72. The quantitative estimate of drug-likeness (QED) is 0.853. The summed E-state index contributed by atoms with van der Waals surface area (Å²) in [5.41, 5.74) is 3.88. The summed E-state index contributed by atoms with van der Waals surface area (Å²) in [6.07, 6.45) is 5.10. The van der Waals surface area contributed by atoms with Crippen molar-refractivity contribution in [2.45, 2.75) is 45.6 Å². The van der Waals surface area contributed by atoms with E-state index in [1.54, 1.807) is 7.11 Å². The Hall–Kier alpha value is -0.860. The molecule has 0 amide bonds. The molecule has 2 aliphatic carbocycles. The number of rotatable bonds is 6. The molecule has 1 aromatic carbocycles. The zero-order valence-corrected chi connectivity index (χ0v) is 13.0. The lowest BCUT2D eigenvalue weighted by Gasteiger charge is -2.30. The molecule has 0 spiro atoms. The first-order valence-electron chi connectivity index (χ1n) is 7.87. The molecule has 0 aromatic heterocycles. The average Bonchev–Trinajstić information content (AvgIpc) is 3.13. The van der Waals surface area contributed by atoms with Crippen LogP contribution in [0.4, 0.5) is 0 Å². The van der Waals surface area contributed by atoms with Crippen molar-refractivity contribution < 1.29 is 4.74 Å². The molecule has 2 heteroatoms. The monoisotopic (exact) mass is 273 g/mol. The summed E-state index contributed by atoms with van der Waals surface area (Å²) in [5, 5.41) is 3.88. The van der Waals surface area contributed by atoms with E-state index in [9.17, 15) is 0 Å². The Morgan fingerprint density at radius 3 is 2.70 bits per heavy atom. The van der Waals surface area contributed by atoms with Crippen molar-refractivity contribution in [1.29, 1.82) is 0 Å². The van der Waals surface area contributed by atoms with E-state index in [-0.39, 0.29) is 0 Å². The molecular weight excluding hydrogens is 246 g/mol. The summed E-state index contributed by atoms with van der Waals surface area (Å²) in [6.45, 7) is 6.81. The second-order valence-electron chi connectivity index (χ2n) is 7.42. The fourth-order valence-electron chi connectivity index (χ4n) is 3.71. The van der Waals surface area contributed by atoms with Gasteiger partial charge < -0.3 is 10.1 Å². The van der Waals surface area contributed by atoms with E-state index in [1.165, 1.54) is 36.8 Å². The Morgan fingerprint density at radius 1 is 1.25 bits per heavy atom. The second-order valence-corrected chi connectivity index (χ2v) is 7.42. The van der Waals surface area contributed by atoms with Gasteiger partial charge in [-0.05, 0) is 47.6 Å². The lowest BCUT2D eigenvalue weighted by Crippen LogP contribution is -2.35. The summed E-state index contributed by atoms with van der Waals surface area (Å²) in [5.74, 6) is 0. The van der Waals surface area contributed by atoms with Crippen LogP contribution in [0.1, 0.15) is 50.3 Å². The number of benzene rings is 1. The van der Waals surface area contributed by atoms with Gasteiger partial charge in [-0.2, -0.15) is 0 Å². The molecule has 1 aromatic rings. The maximum atomic E-state index is 5.26. The maximum Gasteiger partial charge on any atom is 0.0468 e. The highest BCUT2D eigenvalue weighted by Gasteiger charge is 2.44. The standard InChI is InChI=1S/C18H27NO/c1-17(2)12-14-6-4-5-7-15(14)16(17)19-13-18(8-9-18)10-11-20-3/h4-7,16,19H,8-13H2,1-3H3. The number of hydrogen-bond donors (Lipinski definition) is 1. The van der Waals surface area contributed by atoms with Crippen molar-refractivity contribution in [2.24, 2.45) is 10.8 Å². The fourth-order valence-corrected chi connectivity index (χ4v) is 3.71. The smallest absolute Gasteiger partial charge is 0.0468 e. The maximum absolute atomic E-state index is 5.26. The first kappa shape index (κ1) is 14.1. The minimum absolute atomic E-state index is 0.320. The molecule has 2 aliphatic rings. The van der Waals surface area contributed by atoms with Crippen LogP contribution in [0.15, 0.2) is 24.3 Å². The van der Waals surface area contributed by atoms with Crippen LogP contribution in [0, 0.1) is 10.8 Å². The molecule has 3 rings (SSSR count). The van der Waals surface area contributed by atoms with Crippen molar-refractivity contribution in [3.63, 3.8) is 0 Å². The van der Waals surface area contributed by atoms with E-state index in [4.69, 9.17) is 4.74 Å².